The van der Waals surface area contributed by atoms with E-state index in [-0.39, 0.29) is 41.5 Å². The smallest absolute Gasteiger partial charge is 0.354 e. The maximum absolute atomic E-state index is 13.3. The highest BCUT2D eigenvalue weighted by molar-refractivity contribution is 9.10. The van der Waals surface area contributed by atoms with E-state index in [0.717, 1.165) is 6.07 Å². The first-order valence-electron chi connectivity index (χ1n) is 11.0. The standard InChI is InChI=1S/C25H22BrF3N4O3/c1-33-9-6-15(10-22(33)35)21(34)12-24(7-8-24)23(36)31-13-17-3-4-18(14-30-17)32-20-5-2-16(26)11-19(20)25(27,28)29/h2-6,9-11,14,32H,7-8,12-13H2,1H3,(H,31,36). The van der Waals surface area contributed by atoms with Crippen LogP contribution in [0, 0.1) is 5.41 Å². The molecule has 1 aliphatic carbocycles. The molecule has 1 amide bonds. The molecule has 1 aliphatic rings. The van der Waals surface area contributed by atoms with Crippen molar-refractivity contribution in [2.75, 3.05) is 5.32 Å². The van der Waals surface area contributed by atoms with E-state index < -0.39 is 17.2 Å². The largest absolute Gasteiger partial charge is 0.418 e. The number of nitrogens with one attached hydrogen (secondary N) is 2. The molecule has 0 spiro atoms. The molecule has 188 valence electrons. The maximum atomic E-state index is 13.3. The lowest BCUT2D eigenvalue weighted by molar-refractivity contribution is -0.137. The first kappa shape index (κ1) is 25.6. The number of carbonyl (C=O) groups excluding carboxylic acids is 2. The molecule has 0 atom stereocenters. The Morgan fingerprint density at radius 3 is 2.50 bits per heavy atom. The summed E-state index contributed by atoms with van der Waals surface area (Å²) < 4.78 is 41.7. The number of rotatable bonds is 8. The van der Waals surface area contributed by atoms with Crippen molar-refractivity contribution in [1.29, 1.82) is 0 Å². The second-order valence-corrected chi connectivity index (χ2v) is 9.69. The molecule has 0 aliphatic heterocycles. The van der Waals surface area contributed by atoms with Gasteiger partial charge in [0.1, 0.15) is 0 Å². The molecule has 0 unspecified atom stereocenters. The first-order valence-corrected chi connectivity index (χ1v) is 11.8. The molecule has 1 saturated carbocycles. The maximum Gasteiger partial charge on any atom is 0.418 e. The lowest BCUT2D eigenvalue weighted by Crippen LogP contribution is -2.33. The van der Waals surface area contributed by atoms with Crippen molar-refractivity contribution in [3.63, 3.8) is 0 Å². The van der Waals surface area contributed by atoms with Crippen molar-refractivity contribution in [1.82, 2.24) is 14.9 Å². The normalized spacial score (nSPS) is 14.2. The topological polar surface area (TPSA) is 93.1 Å². The van der Waals surface area contributed by atoms with Crippen LogP contribution in [0.15, 0.2) is 64.1 Å². The fraction of sp³-hybridized carbons (Fsp3) is 0.280. The number of ketones is 1. The van der Waals surface area contributed by atoms with Gasteiger partial charge in [0, 0.05) is 35.8 Å². The molecule has 11 heteroatoms. The number of halogens is 4. The Labute approximate surface area is 212 Å². The van der Waals surface area contributed by atoms with E-state index in [2.05, 4.69) is 31.5 Å². The molecule has 2 aromatic heterocycles. The number of carbonyl (C=O) groups is 2. The van der Waals surface area contributed by atoms with E-state index in [9.17, 15) is 27.6 Å². The Hall–Kier alpha value is -3.47. The summed E-state index contributed by atoms with van der Waals surface area (Å²) in [6.07, 6.45) is -0.479. The summed E-state index contributed by atoms with van der Waals surface area (Å²) in [4.78, 5) is 41.4. The molecule has 2 N–H and O–H groups in total. The lowest BCUT2D eigenvalue weighted by Gasteiger charge is -2.16. The molecule has 0 radical (unpaired) electrons. The Morgan fingerprint density at radius 1 is 1.14 bits per heavy atom. The quantitative estimate of drug-likeness (QED) is 0.378. The summed E-state index contributed by atoms with van der Waals surface area (Å²) >= 11 is 3.05. The molecule has 3 aromatic rings. The van der Waals surface area contributed by atoms with Gasteiger partial charge in [-0.05, 0) is 49.2 Å². The number of hydrogen-bond acceptors (Lipinski definition) is 5. The fourth-order valence-corrected chi connectivity index (χ4v) is 4.10. The summed E-state index contributed by atoms with van der Waals surface area (Å²) in [6.45, 7) is 0.104. The van der Waals surface area contributed by atoms with Gasteiger partial charge in [-0.2, -0.15) is 13.2 Å². The van der Waals surface area contributed by atoms with Crippen LogP contribution in [-0.4, -0.2) is 21.2 Å². The minimum absolute atomic E-state index is 0.0109. The average molecular weight is 563 g/mol. The van der Waals surface area contributed by atoms with E-state index in [1.807, 2.05) is 0 Å². The number of aromatic nitrogens is 2. The first-order chi connectivity index (χ1) is 17.0. The Balaban J connectivity index is 1.35. The van der Waals surface area contributed by atoms with Gasteiger partial charge in [0.05, 0.1) is 40.8 Å². The fourth-order valence-electron chi connectivity index (χ4n) is 3.74. The van der Waals surface area contributed by atoms with Gasteiger partial charge in [0.2, 0.25) is 5.91 Å². The third kappa shape index (κ3) is 5.84. The SMILES string of the molecule is Cn1ccc(C(=O)CC2(C(=O)NCc3ccc(Nc4ccc(Br)cc4C(F)(F)F)cn3)CC2)cc1=O. The van der Waals surface area contributed by atoms with Gasteiger partial charge in [-0.15, -0.1) is 0 Å². The number of amides is 1. The predicted octanol–water partition coefficient (Wildman–Crippen LogP) is 4.97. The van der Waals surface area contributed by atoms with E-state index in [4.69, 9.17) is 0 Å². The van der Waals surface area contributed by atoms with Gasteiger partial charge in [-0.25, -0.2) is 0 Å². The zero-order valence-electron chi connectivity index (χ0n) is 19.2. The minimum Gasteiger partial charge on any atom is -0.354 e. The van der Waals surface area contributed by atoms with Gasteiger partial charge in [-0.1, -0.05) is 15.9 Å². The van der Waals surface area contributed by atoms with Crippen molar-refractivity contribution in [2.45, 2.75) is 32.0 Å². The van der Waals surface area contributed by atoms with Crippen molar-refractivity contribution in [2.24, 2.45) is 12.5 Å². The molecule has 4 rings (SSSR count). The van der Waals surface area contributed by atoms with Gasteiger partial charge in [0.25, 0.3) is 5.56 Å². The van der Waals surface area contributed by atoms with Gasteiger partial charge < -0.3 is 15.2 Å². The van der Waals surface area contributed by atoms with Crippen LogP contribution in [0.3, 0.4) is 0 Å². The van der Waals surface area contributed by atoms with Gasteiger partial charge in [0.15, 0.2) is 5.78 Å². The van der Waals surface area contributed by atoms with E-state index >= 15 is 0 Å². The van der Waals surface area contributed by atoms with Crippen LogP contribution in [0.1, 0.15) is 40.9 Å². The van der Waals surface area contributed by atoms with Gasteiger partial charge >= 0.3 is 6.18 Å². The monoisotopic (exact) mass is 562 g/mol. The number of aryl methyl sites for hydroxylation is 1. The number of hydrogen-bond donors (Lipinski definition) is 2. The van der Waals surface area contributed by atoms with Gasteiger partial charge in [-0.3, -0.25) is 19.4 Å². The molecule has 36 heavy (non-hydrogen) atoms. The number of pyridine rings is 2. The number of nitrogens with zero attached hydrogens (tertiary/aromatic N) is 2. The number of Topliss-reactive ketones (excluding diaryl/α,β-unsaturated/α-hetero) is 1. The van der Waals surface area contributed by atoms with Crippen molar-refractivity contribution in [3.05, 3.63) is 86.5 Å². The van der Waals surface area contributed by atoms with Crippen molar-refractivity contribution in [3.8, 4) is 0 Å². The molecular formula is C25H22BrF3N4O3. The zero-order valence-corrected chi connectivity index (χ0v) is 20.7. The van der Waals surface area contributed by atoms with Crippen LogP contribution in [0.25, 0.3) is 0 Å². The average Bonchev–Trinajstić information content (AvgIpc) is 3.61. The molecule has 0 bridgehead atoms. The second kappa shape index (κ2) is 9.88. The summed E-state index contributed by atoms with van der Waals surface area (Å²) in [5.74, 6) is -0.534. The van der Waals surface area contributed by atoms with Crippen molar-refractivity contribution < 1.29 is 22.8 Å². The molecule has 0 saturated heterocycles. The lowest BCUT2D eigenvalue weighted by atomic mass is 9.95. The summed E-state index contributed by atoms with van der Waals surface area (Å²) in [5.41, 5.74) is -0.866. The summed E-state index contributed by atoms with van der Waals surface area (Å²) in [5, 5.41) is 5.51. The predicted molar refractivity (Wildman–Crippen MR) is 131 cm³/mol. The summed E-state index contributed by atoms with van der Waals surface area (Å²) in [7, 11) is 1.59. The van der Waals surface area contributed by atoms with E-state index in [1.54, 1.807) is 25.2 Å². The third-order valence-corrected chi connectivity index (χ3v) is 6.57. The third-order valence-electron chi connectivity index (χ3n) is 6.08. The number of alkyl halides is 3. The van der Waals surface area contributed by atoms with Crippen LogP contribution in [0.5, 0.6) is 0 Å². The highest BCUT2D eigenvalue weighted by Crippen LogP contribution is 2.49. The van der Waals surface area contributed by atoms with Crippen LogP contribution in [-0.2, 0) is 24.6 Å². The van der Waals surface area contributed by atoms with E-state index in [0.29, 0.717) is 28.7 Å². The Morgan fingerprint density at radius 2 is 1.89 bits per heavy atom. The molecular weight excluding hydrogens is 541 g/mol. The summed E-state index contributed by atoms with van der Waals surface area (Å²) in [6, 6.07) is 9.82. The second-order valence-electron chi connectivity index (χ2n) is 8.78. The van der Waals surface area contributed by atoms with Crippen molar-refractivity contribution >= 4 is 39.0 Å². The molecule has 7 nitrogen and oxygen atoms in total. The van der Waals surface area contributed by atoms with Crippen LogP contribution < -0.4 is 16.2 Å². The van der Waals surface area contributed by atoms with Crippen LogP contribution >= 0.6 is 15.9 Å². The Kier molecular flexibility index (Phi) is 7.03. The van der Waals surface area contributed by atoms with E-state index in [1.165, 1.54) is 35.2 Å². The Bertz CT molecular complexity index is 1370. The van der Waals surface area contributed by atoms with Crippen LogP contribution in [0.2, 0.25) is 0 Å². The highest BCUT2D eigenvalue weighted by Gasteiger charge is 2.51. The van der Waals surface area contributed by atoms with Crippen LogP contribution in [0.4, 0.5) is 24.5 Å². The zero-order chi connectivity index (χ0) is 26.1. The molecule has 1 aromatic carbocycles. The minimum atomic E-state index is -4.53. The molecule has 2 heterocycles. The molecule has 1 fully saturated rings. The number of anilines is 2. The number of benzene rings is 1. The highest BCUT2D eigenvalue weighted by atomic mass is 79.9.